The number of alkyl carbamates (subject to hydrolysis) is 1. The van der Waals surface area contributed by atoms with Gasteiger partial charge in [0.05, 0.1) is 11.8 Å². The Morgan fingerprint density at radius 2 is 2.12 bits per heavy atom. The lowest BCUT2D eigenvalue weighted by Gasteiger charge is -2.52. The van der Waals surface area contributed by atoms with Crippen molar-refractivity contribution in [3.05, 3.63) is 29.6 Å². The molecule has 1 saturated carbocycles. The molecule has 1 aliphatic carbocycles. The van der Waals surface area contributed by atoms with E-state index in [1.54, 1.807) is 0 Å². The molecular weight excluding hydrogens is 302 g/mol. The molecule has 1 aliphatic heterocycles. The fourth-order valence-corrected chi connectivity index (χ4v) is 3.99. The first-order chi connectivity index (χ1) is 11.5. The zero-order chi connectivity index (χ0) is 17.2. The molecule has 2 heterocycles. The Kier molecular flexibility index (Phi) is 5.09. The third-order valence-electron chi connectivity index (χ3n) is 5.43. The second kappa shape index (κ2) is 7.09. The topological polar surface area (TPSA) is 54.5 Å². The SMILES string of the molecule is Cc1cccnc1CN1CCC2(CC1)CC(NC(=O)OC(C)C)C2. The number of aromatic nitrogens is 1. The first-order valence-corrected chi connectivity index (χ1v) is 9.06. The molecule has 1 aromatic heterocycles. The van der Waals surface area contributed by atoms with E-state index in [1.165, 1.54) is 24.1 Å². The van der Waals surface area contributed by atoms with Crippen molar-refractivity contribution >= 4 is 6.09 Å². The zero-order valence-electron chi connectivity index (χ0n) is 15.0. The minimum Gasteiger partial charge on any atom is -0.447 e. The number of amides is 1. The number of carbonyl (C=O) groups excluding carboxylic acids is 1. The molecule has 0 aromatic carbocycles. The Hall–Kier alpha value is -1.62. The summed E-state index contributed by atoms with van der Waals surface area (Å²) in [4.78, 5) is 18.7. The maximum atomic E-state index is 11.7. The molecule has 1 spiro atoms. The van der Waals surface area contributed by atoms with E-state index in [4.69, 9.17) is 4.74 Å². The molecule has 1 amide bonds. The lowest BCUT2D eigenvalue weighted by atomic mass is 9.60. The van der Waals surface area contributed by atoms with Gasteiger partial charge in [-0.2, -0.15) is 0 Å². The summed E-state index contributed by atoms with van der Waals surface area (Å²) in [6.45, 7) is 9.08. The Morgan fingerprint density at radius 1 is 1.42 bits per heavy atom. The summed E-state index contributed by atoms with van der Waals surface area (Å²) >= 11 is 0. The van der Waals surface area contributed by atoms with Crippen LogP contribution >= 0.6 is 0 Å². The van der Waals surface area contributed by atoms with Crippen LogP contribution in [0.2, 0.25) is 0 Å². The van der Waals surface area contributed by atoms with Gasteiger partial charge in [-0.3, -0.25) is 9.88 Å². The van der Waals surface area contributed by atoms with E-state index in [0.717, 1.165) is 32.5 Å². The van der Waals surface area contributed by atoms with Gasteiger partial charge in [0.1, 0.15) is 0 Å². The van der Waals surface area contributed by atoms with Crippen molar-refractivity contribution < 1.29 is 9.53 Å². The second-order valence-corrected chi connectivity index (χ2v) is 7.75. The standard InChI is InChI=1S/C19H29N3O2/c1-14(2)24-18(23)21-16-11-19(12-16)6-9-22(10-7-19)13-17-15(3)5-4-8-20-17/h4-5,8,14,16H,6-7,9-13H2,1-3H3,(H,21,23). The van der Waals surface area contributed by atoms with Crippen molar-refractivity contribution in [2.75, 3.05) is 13.1 Å². The number of hydrogen-bond acceptors (Lipinski definition) is 4. The maximum absolute atomic E-state index is 11.7. The Bertz CT molecular complexity index is 572. The van der Waals surface area contributed by atoms with Gasteiger partial charge in [0, 0.05) is 18.8 Å². The van der Waals surface area contributed by atoms with Gasteiger partial charge in [0.2, 0.25) is 0 Å². The molecule has 2 aliphatic rings. The highest BCUT2D eigenvalue weighted by Gasteiger charge is 2.46. The predicted molar refractivity (Wildman–Crippen MR) is 93.7 cm³/mol. The van der Waals surface area contributed by atoms with Gasteiger partial charge in [0.25, 0.3) is 0 Å². The van der Waals surface area contributed by atoms with Gasteiger partial charge in [-0.25, -0.2) is 4.79 Å². The van der Waals surface area contributed by atoms with Crippen molar-refractivity contribution in [2.24, 2.45) is 5.41 Å². The monoisotopic (exact) mass is 331 g/mol. The summed E-state index contributed by atoms with van der Waals surface area (Å²) in [7, 11) is 0. The van der Waals surface area contributed by atoms with Crippen molar-refractivity contribution in [3.8, 4) is 0 Å². The highest BCUT2D eigenvalue weighted by Crippen LogP contribution is 2.49. The predicted octanol–water partition coefficient (Wildman–Crippen LogP) is 3.27. The highest BCUT2D eigenvalue weighted by atomic mass is 16.6. The first-order valence-electron chi connectivity index (χ1n) is 9.06. The molecule has 0 atom stereocenters. The lowest BCUT2D eigenvalue weighted by Crippen LogP contribution is -2.55. The summed E-state index contributed by atoms with van der Waals surface area (Å²) in [6, 6.07) is 4.42. The second-order valence-electron chi connectivity index (χ2n) is 7.75. The molecule has 0 bridgehead atoms. The fourth-order valence-electron chi connectivity index (χ4n) is 3.99. The van der Waals surface area contributed by atoms with Crippen LogP contribution in [-0.4, -0.2) is 41.2 Å². The number of ether oxygens (including phenoxy) is 1. The Labute approximate surface area is 144 Å². The van der Waals surface area contributed by atoms with E-state index in [9.17, 15) is 4.79 Å². The van der Waals surface area contributed by atoms with Gasteiger partial charge < -0.3 is 10.1 Å². The summed E-state index contributed by atoms with van der Waals surface area (Å²) < 4.78 is 5.16. The largest absolute Gasteiger partial charge is 0.447 e. The molecule has 5 nitrogen and oxygen atoms in total. The van der Waals surface area contributed by atoms with Crippen LogP contribution in [0, 0.1) is 12.3 Å². The van der Waals surface area contributed by atoms with Crippen molar-refractivity contribution in [2.45, 2.75) is 65.1 Å². The normalized spacial score (nSPS) is 20.8. The minimum atomic E-state index is -0.270. The van der Waals surface area contributed by atoms with Crippen LogP contribution in [0.15, 0.2) is 18.3 Å². The molecule has 132 valence electrons. The maximum Gasteiger partial charge on any atom is 0.407 e. The number of rotatable bonds is 4. The van der Waals surface area contributed by atoms with Crippen LogP contribution in [0.3, 0.4) is 0 Å². The van der Waals surface area contributed by atoms with Gasteiger partial charge in [-0.15, -0.1) is 0 Å². The Morgan fingerprint density at radius 3 is 2.75 bits per heavy atom. The quantitative estimate of drug-likeness (QED) is 0.920. The summed E-state index contributed by atoms with van der Waals surface area (Å²) in [5, 5.41) is 2.99. The molecule has 1 aromatic rings. The lowest BCUT2D eigenvalue weighted by molar-refractivity contribution is 0.00153. The molecule has 24 heavy (non-hydrogen) atoms. The summed E-state index contributed by atoms with van der Waals surface area (Å²) in [5.74, 6) is 0. The van der Waals surface area contributed by atoms with E-state index >= 15 is 0 Å². The van der Waals surface area contributed by atoms with Crippen LogP contribution in [0.1, 0.15) is 50.8 Å². The number of aryl methyl sites for hydroxylation is 1. The van der Waals surface area contributed by atoms with Gasteiger partial charge in [0.15, 0.2) is 0 Å². The molecule has 3 rings (SSSR count). The van der Waals surface area contributed by atoms with E-state index in [2.05, 4.69) is 28.2 Å². The van der Waals surface area contributed by atoms with Gasteiger partial charge >= 0.3 is 6.09 Å². The first kappa shape index (κ1) is 17.2. The van der Waals surface area contributed by atoms with Crippen molar-refractivity contribution in [1.29, 1.82) is 0 Å². The number of likely N-dealkylation sites (tertiary alicyclic amines) is 1. The van der Waals surface area contributed by atoms with Crippen LogP contribution < -0.4 is 5.32 Å². The molecule has 1 N–H and O–H groups in total. The minimum absolute atomic E-state index is 0.0580. The third-order valence-corrected chi connectivity index (χ3v) is 5.43. The number of nitrogens with one attached hydrogen (secondary N) is 1. The fraction of sp³-hybridized carbons (Fsp3) is 0.684. The Balaban J connectivity index is 1.42. The van der Waals surface area contributed by atoms with Gasteiger partial charge in [-0.05, 0) is 76.6 Å². The zero-order valence-corrected chi connectivity index (χ0v) is 15.0. The highest BCUT2D eigenvalue weighted by molar-refractivity contribution is 5.68. The average molecular weight is 331 g/mol. The number of nitrogens with zero attached hydrogens (tertiary/aromatic N) is 2. The van der Waals surface area contributed by atoms with Gasteiger partial charge in [-0.1, -0.05) is 6.07 Å². The smallest absolute Gasteiger partial charge is 0.407 e. The summed E-state index contributed by atoms with van der Waals surface area (Å²) in [6.07, 6.45) is 6.18. The number of piperidine rings is 1. The average Bonchev–Trinajstić information content (AvgIpc) is 2.49. The van der Waals surface area contributed by atoms with Crippen LogP contribution in [0.4, 0.5) is 4.79 Å². The number of pyridine rings is 1. The molecule has 5 heteroatoms. The van der Waals surface area contributed by atoms with E-state index in [0.29, 0.717) is 11.5 Å². The molecular formula is C19H29N3O2. The van der Waals surface area contributed by atoms with Crippen LogP contribution in [0.5, 0.6) is 0 Å². The number of hydrogen-bond donors (Lipinski definition) is 1. The van der Waals surface area contributed by atoms with E-state index < -0.39 is 0 Å². The molecule has 2 fully saturated rings. The van der Waals surface area contributed by atoms with Crippen LogP contribution in [-0.2, 0) is 11.3 Å². The van der Waals surface area contributed by atoms with Crippen LogP contribution in [0.25, 0.3) is 0 Å². The molecule has 1 saturated heterocycles. The van der Waals surface area contributed by atoms with Crippen molar-refractivity contribution in [3.63, 3.8) is 0 Å². The van der Waals surface area contributed by atoms with E-state index in [-0.39, 0.29) is 12.2 Å². The van der Waals surface area contributed by atoms with E-state index in [1.807, 2.05) is 26.1 Å². The molecule has 0 radical (unpaired) electrons. The molecule has 0 unspecified atom stereocenters. The number of carbonyl (C=O) groups is 1. The summed E-state index contributed by atoms with van der Waals surface area (Å²) in [5.41, 5.74) is 2.90. The van der Waals surface area contributed by atoms with Crippen molar-refractivity contribution in [1.82, 2.24) is 15.2 Å². The third kappa shape index (κ3) is 4.07.